The molecule has 0 aliphatic rings. The summed E-state index contributed by atoms with van der Waals surface area (Å²) in [4.78, 5) is 10.9. The van der Waals surface area contributed by atoms with Gasteiger partial charge in [-0.05, 0) is 13.8 Å². The maximum Gasteiger partial charge on any atom is 0.471 e. The fourth-order valence-electron chi connectivity index (χ4n) is 1.99. The summed E-state index contributed by atoms with van der Waals surface area (Å²) in [6.45, 7) is 2.98. The van der Waals surface area contributed by atoms with Gasteiger partial charge in [0.25, 0.3) is 0 Å². The minimum atomic E-state index is -4.94. The first kappa shape index (κ1) is 17.4. The minimum absolute atomic E-state index is 0.218. The summed E-state index contributed by atoms with van der Waals surface area (Å²) in [5.41, 5.74) is 1.50. The van der Waals surface area contributed by atoms with Crippen molar-refractivity contribution >= 4 is 17.5 Å². The third kappa shape index (κ3) is 3.53. The van der Waals surface area contributed by atoms with Crippen LogP contribution in [0, 0.1) is 13.8 Å². The van der Waals surface area contributed by atoms with E-state index in [2.05, 4.69) is 0 Å². The molecule has 0 aromatic heterocycles. The molecule has 1 rings (SSSR count). The molecule has 1 amide bonds. The van der Waals surface area contributed by atoms with E-state index >= 15 is 0 Å². The molecule has 4 nitrogen and oxygen atoms in total. The normalized spacial score (nSPS) is 11.2. The standard InChI is InChI=1S/C13H15ClF3NO3/c1-6-8(5-18-12(19)13(15,16)17)11(21-4)9(14)7(2)10(6)20-3/h5H2,1-4H3,(H,18,19). The van der Waals surface area contributed by atoms with Crippen molar-refractivity contribution in [2.24, 2.45) is 0 Å². The van der Waals surface area contributed by atoms with E-state index in [9.17, 15) is 18.0 Å². The van der Waals surface area contributed by atoms with Crippen molar-refractivity contribution in [3.05, 3.63) is 21.7 Å². The largest absolute Gasteiger partial charge is 0.496 e. The lowest BCUT2D eigenvalue weighted by Crippen LogP contribution is -2.36. The van der Waals surface area contributed by atoms with Crippen LogP contribution < -0.4 is 14.8 Å². The second-order valence-corrected chi connectivity index (χ2v) is 4.67. The first-order valence-corrected chi connectivity index (χ1v) is 6.27. The van der Waals surface area contributed by atoms with Gasteiger partial charge in [-0.1, -0.05) is 11.6 Å². The summed E-state index contributed by atoms with van der Waals surface area (Å²) in [6, 6.07) is 0. The van der Waals surface area contributed by atoms with E-state index in [1.54, 1.807) is 19.2 Å². The maximum absolute atomic E-state index is 12.2. The van der Waals surface area contributed by atoms with Gasteiger partial charge in [-0.25, -0.2) is 0 Å². The van der Waals surface area contributed by atoms with Crippen molar-refractivity contribution in [1.82, 2.24) is 5.32 Å². The smallest absolute Gasteiger partial charge is 0.471 e. The molecule has 0 aliphatic heterocycles. The zero-order chi connectivity index (χ0) is 16.4. The Morgan fingerprint density at radius 3 is 2.10 bits per heavy atom. The molecule has 21 heavy (non-hydrogen) atoms. The Labute approximate surface area is 125 Å². The van der Waals surface area contributed by atoms with Crippen LogP contribution in [0.15, 0.2) is 0 Å². The number of ether oxygens (including phenoxy) is 2. The van der Waals surface area contributed by atoms with E-state index < -0.39 is 12.1 Å². The second kappa shape index (κ2) is 6.43. The topological polar surface area (TPSA) is 47.6 Å². The molecule has 1 N–H and O–H groups in total. The van der Waals surface area contributed by atoms with Gasteiger partial charge in [-0.15, -0.1) is 0 Å². The second-order valence-electron chi connectivity index (χ2n) is 4.29. The number of carbonyl (C=O) groups is 1. The summed E-state index contributed by atoms with van der Waals surface area (Å²) >= 11 is 6.12. The fraction of sp³-hybridized carbons (Fsp3) is 0.462. The highest BCUT2D eigenvalue weighted by molar-refractivity contribution is 6.33. The Hall–Kier alpha value is -1.63. The fourth-order valence-corrected chi connectivity index (χ4v) is 2.27. The lowest BCUT2D eigenvalue weighted by atomic mass is 10.0. The highest BCUT2D eigenvalue weighted by atomic mass is 35.5. The number of carbonyl (C=O) groups excluding carboxylic acids is 1. The minimum Gasteiger partial charge on any atom is -0.496 e. The van der Waals surface area contributed by atoms with E-state index in [4.69, 9.17) is 21.1 Å². The van der Waals surface area contributed by atoms with Gasteiger partial charge in [-0.2, -0.15) is 13.2 Å². The molecule has 8 heteroatoms. The molecule has 0 aliphatic carbocycles. The number of amides is 1. The summed E-state index contributed by atoms with van der Waals surface area (Å²) in [5.74, 6) is -1.37. The predicted molar refractivity (Wildman–Crippen MR) is 71.9 cm³/mol. The van der Waals surface area contributed by atoms with Crippen LogP contribution in [0.2, 0.25) is 5.02 Å². The van der Waals surface area contributed by atoms with Crippen molar-refractivity contribution in [2.45, 2.75) is 26.6 Å². The molecule has 0 heterocycles. The van der Waals surface area contributed by atoms with Crippen LogP contribution in [-0.4, -0.2) is 26.3 Å². The predicted octanol–water partition coefficient (Wildman–Crippen LogP) is 3.15. The van der Waals surface area contributed by atoms with E-state index in [0.717, 1.165) is 0 Å². The quantitative estimate of drug-likeness (QED) is 0.925. The molecule has 0 fully saturated rings. The van der Waals surface area contributed by atoms with Gasteiger partial charge < -0.3 is 14.8 Å². The number of benzene rings is 1. The number of rotatable bonds is 4. The van der Waals surface area contributed by atoms with Crippen molar-refractivity contribution in [3.63, 3.8) is 0 Å². The van der Waals surface area contributed by atoms with Crippen molar-refractivity contribution < 1.29 is 27.4 Å². The van der Waals surface area contributed by atoms with Gasteiger partial charge in [0.2, 0.25) is 0 Å². The number of hydrogen-bond acceptors (Lipinski definition) is 3. The first-order chi connectivity index (χ1) is 9.65. The van der Waals surface area contributed by atoms with Crippen molar-refractivity contribution in [2.75, 3.05) is 14.2 Å². The number of nitrogens with one attached hydrogen (secondary N) is 1. The van der Waals surface area contributed by atoms with Gasteiger partial charge in [0, 0.05) is 23.2 Å². The van der Waals surface area contributed by atoms with E-state index in [1.807, 2.05) is 0 Å². The molecule has 1 aromatic carbocycles. The molecule has 0 atom stereocenters. The van der Waals surface area contributed by atoms with Crippen molar-refractivity contribution in [1.29, 1.82) is 0 Å². The third-order valence-corrected chi connectivity index (χ3v) is 3.48. The number of halogens is 4. The zero-order valence-corrected chi connectivity index (χ0v) is 12.7. The van der Waals surface area contributed by atoms with Gasteiger partial charge in [0.1, 0.15) is 11.5 Å². The summed E-state index contributed by atoms with van der Waals surface area (Å²) in [6.07, 6.45) is -4.94. The third-order valence-electron chi connectivity index (χ3n) is 3.03. The summed E-state index contributed by atoms with van der Waals surface area (Å²) in [7, 11) is 2.78. The molecule has 118 valence electrons. The summed E-state index contributed by atoms with van der Waals surface area (Å²) < 4.78 is 47.0. The van der Waals surface area contributed by atoms with E-state index in [0.29, 0.717) is 22.4 Å². The molecular formula is C13H15ClF3NO3. The van der Waals surface area contributed by atoms with Crippen LogP contribution in [0.3, 0.4) is 0 Å². The Bertz CT molecular complexity index is 559. The van der Waals surface area contributed by atoms with Crippen LogP contribution in [0.4, 0.5) is 13.2 Å². The van der Waals surface area contributed by atoms with Crippen LogP contribution in [0.25, 0.3) is 0 Å². The van der Waals surface area contributed by atoms with Gasteiger partial charge >= 0.3 is 12.1 Å². The highest BCUT2D eigenvalue weighted by Gasteiger charge is 2.38. The van der Waals surface area contributed by atoms with Crippen LogP contribution in [-0.2, 0) is 11.3 Å². The molecule has 0 radical (unpaired) electrons. The number of hydrogen-bond donors (Lipinski definition) is 1. The zero-order valence-electron chi connectivity index (χ0n) is 11.9. The van der Waals surface area contributed by atoms with Gasteiger partial charge in [0.05, 0.1) is 19.2 Å². The Morgan fingerprint density at radius 2 is 1.67 bits per heavy atom. The van der Waals surface area contributed by atoms with E-state index in [-0.39, 0.29) is 17.3 Å². The van der Waals surface area contributed by atoms with Gasteiger partial charge in [0.15, 0.2) is 0 Å². The SMILES string of the molecule is COc1c(C)c(Cl)c(OC)c(CNC(=O)C(F)(F)F)c1C. The van der Waals surface area contributed by atoms with Crippen LogP contribution in [0.5, 0.6) is 11.5 Å². The monoisotopic (exact) mass is 325 g/mol. The van der Waals surface area contributed by atoms with E-state index in [1.165, 1.54) is 14.2 Å². The summed E-state index contributed by atoms with van der Waals surface area (Å²) in [5, 5.41) is 2.03. The average Bonchev–Trinajstić information content (AvgIpc) is 2.40. The van der Waals surface area contributed by atoms with Crippen molar-refractivity contribution in [3.8, 4) is 11.5 Å². The van der Waals surface area contributed by atoms with Gasteiger partial charge in [-0.3, -0.25) is 4.79 Å². The Kier molecular flexibility index (Phi) is 5.33. The first-order valence-electron chi connectivity index (χ1n) is 5.89. The Morgan fingerprint density at radius 1 is 1.14 bits per heavy atom. The highest BCUT2D eigenvalue weighted by Crippen LogP contribution is 2.41. The maximum atomic E-state index is 12.2. The lowest BCUT2D eigenvalue weighted by Gasteiger charge is -2.19. The number of methoxy groups -OCH3 is 2. The molecule has 0 saturated carbocycles. The lowest BCUT2D eigenvalue weighted by molar-refractivity contribution is -0.173. The number of alkyl halides is 3. The average molecular weight is 326 g/mol. The molecular weight excluding hydrogens is 311 g/mol. The van der Waals surface area contributed by atoms with Crippen LogP contribution >= 0.6 is 11.6 Å². The molecule has 0 bridgehead atoms. The Balaban J connectivity index is 3.23. The molecule has 1 aromatic rings. The molecule has 0 saturated heterocycles. The molecule has 0 unspecified atom stereocenters. The molecule has 0 spiro atoms. The van der Waals surface area contributed by atoms with Crippen LogP contribution in [0.1, 0.15) is 16.7 Å².